The molecule has 0 saturated heterocycles. The van der Waals surface area contributed by atoms with Crippen molar-refractivity contribution >= 4 is 33.0 Å². The lowest BCUT2D eigenvalue weighted by Gasteiger charge is -2.04. The van der Waals surface area contributed by atoms with Crippen LogP contribution in [0.4, 0.5) is 5.69 Å². The Morgan fingerprint density at radius 1 is 1.33 bits per heavy atom. The van der Waals surface area contributed by atoms with Gasteiger partial charge >= 0.3 is 0 Å². The number of rotatable bonds is 7. The van der Waals surface area contributed by atoms with E-state index in [1.807, 2.05) is 19.1 Å². The molecular weight excluding hydrogens is 284 g/mol. The van der Waals surface area contributed by atoms with Crippen LogP contribution in [-0.2, 0) is 4.74 Å². The molecule has 0 atom stereocenters. The minimum atomic E-state index is -0.0712. The lowest BCUT2D eigenvalue weighted by Crippen LogP contribution is -2.24. The molecule has 1 aromatic carbocycles. The number of aryl methyl sites for hydroxylation is 1. The van der Waals surface area contributed by atoms with Crippen molar-refractivity contribution in [2.75, 3.05) is 26.0 Å². The van der Waals surface area contributed by atoms with E-state index in [0.29, 0.717) is 17.1 Å². The number of nitrogen functional groups attached to an aromatic ring is 1. The highest BCUT2D eigenvalue weighted by Gasteiger charge is 2.15. The van der Waals surface area contributed by atoms with Crippen LogP contribution in [0.25, 0.3) is 10.1 Å². The number of unbranched alkanes of at least 4 members (excludes halogenated alkanes) is 2. The van der Waals surface area contributed by atoms with Crippen molar-refractivity contribution in [2.24, 2.45) is 0 Å². The maximum atomic E-state index is 12.2. The molecule has 1 heterocycles. The fourth-order valence-electron chi connectivity index (χ4n) is 2.22. The van der Waals surface area contributed by atoms with Crippen LogP contribution in [0.15, 0.2) is 18.2 Å². The molecule has 1 aromatic heterocycles. The van der Waals surface area contributed by atoms with Gasteiger partial charge in [-0.2, -0.15) is 0 Å². The molecule has 0 aliphatic heterocycles. The molecule has 114 valence electrons. The van der Waals surface area contributed by atoms with Crippen molar-refractivity contribution in [3.63, 3.8) is 0 Å². The first-order chi connectivity index (χ1) is 10.1. The van der Waals surface area contributed by atoms with Crippen LogP contribution in [0.3, 0.4) is 0 Å². The van der Waals surface area contributed by atoms with Gasteiger partial charge in [-0.3, -0.25) is 4.79 Å². The van der Waals surface area contributed by atoms with Crippen molar-refractivity contribution < 1.29 is 9.53 Å². The number of carbonyl (C=O) groups excluding carboxylic acids is 1. The summed E-state index contributed by atoms with van der Waals surface area (Å²) in [5.74, 6) is -0.0712. The van der Waals surface area contributed by atoms with Gasteiger partial charge in [0.1, 0.15) is 4.88 Å². The van der Waals surface area contributed by atoms with E-state index in [4.69, 9.17) is 10.5 Å². The van der Waals surface area contributed by atoms with Gasteiger partial charge in [0.25, 0.3) is 5.91 Å². The van der Waals surface area contributed by atoms with E-state index in [2.05, 4.69) is 11.4 Å². The Kier molecular flexibility index (Phi) is 5.59. The number of amides is 1. The molecule has 5 heteroatoms. The largest absolute Gasteiger partial charge is 0.397 e. The number of nitrogens with one attached hydrogen (secondary N) is 1. The van der Waals surface area contributed by atoms with Gasteiger partial charge in [-0.05, 0) is 37.8 Å². The molecule has 1 amide bonds. The molecule has 0 unspecified atom stereocenters. The molecule has 2 aromatic rings. The standard InChI is InChI=1S/C16H22N2O2S/c1-11-6-7-12-13(10-11)21-15(14(12)17)16(19)18-8-4-3-5-9-20-2/h6-7,10H,3-5,8-9,17H2,1-2H3,(H,18,19). The average molecular weight is 306 g/mol. The molecule has 0 radical (unpaired) electrons. The summed E-state index contributed by atoms with van der Waals surface area (Å²) in [6.07, 6.45) is 3.03. The van der Waals surface area contributed by atoms with Crippen LogP contribution in [0.2, 0.25) is 0 Å². The van der Waals surface area contributed by atoms with Crippen molar-refractivity contribution in [3.8, 4) is 0 Å². The van der Waals surface area contributed by atoms with E-state index in [0.717, 1.165) is 36.0 Å². The molecule has 0 aliphatic rings. The Bertz CT molecular complexity index is 622. The molecular formula is C16H22N2O2S. The highest BCUT2D eigenvalue weighted by Crippen LogP contribution is 2.34. The number of ether oxygens (including phenoxy) is 1. The fourth-order valence-corrected chi connectivity index (χ4v) is 3.36. The molecule has 21 heavy (non-hydrogen) atoms. The van der Waals surface area contributed by atoms with Gasteiger partial charge in [-0.25, -0.2) is 0 Å². The van der Waals surface area contributed by atoms with Crippen LogP contribution >= 0.6 is 11.3 Å². The number of anilines is 1. The highest BCUT2D eigenvalue weighted by atomic mass is 32.1. The summed E-state index contributed by atoms with van der Waals surface area (Å²) in [4.78, 5) is 12.8. The van der Waals surface area contributed by atoms with E-state index in [1.165, 1.54) is 16.9 Å². The number of hydrogen-bond acceptors (Lipinski definition) is 4. The monoisotopic (exact) mass is 306 g/mol. The quantitative estimate of drug-likeness (QED) is 0.771. The molecule has 0 bridgehead atoms. The molecule has 3 N–H and O–H groups in total. The number of benzene rings is 1. The summed E-state index contributed by atoms with van der Waals surface area (Å²) in [6.45, 7) is 3.49. The number of nitrogens with two attached hydrogens (primary N) is 1. The Labute approximate surface area is 129 Å². The van der Waals surface area contributed by atoms with Gasteiger partial charge in [-0.1, -0.05) is 12.1 Å². The normalized spacial score (nSPS) is 11.0. The molecule has 0 saturated carbocycles. The second kappa shape index (κ2) is 7.43. The third kappa shape index (κ3) is 3.95. The van der Waals surface area contributed by atoms with Gasteiger partial charge in [0.15, 0.2) is 0 Å². The first kappa shape index (κ1) is 15.8. The van der Waals surface area contributed by atoms with Crippen molar-refractivity contribution in [2.45, 2.75) is 26.2 Å². The third-order valence-corrected chi connectivity index (χ3v) is 4.57. The van der Waals surface area contributed by atoms with Crippen molar-refractivity contribution in [1.82, 2.24) is 5.32 Å². The topological polar surface area (TPSA) is 64.3 Å². The second-order valence-electron chi connectivity index (χ2n) is 5.15. The molecule has 0 aliphatic carbocycles. The van der Waals surface area contributed by atoms with Gasteiger partial charge < -0.3 is 15.8 Å². The van der Waals surface area contributed by atoms with E-state index in [1.54, 1.807) is 7.11 Å². The predicted octanol–water partition coefficient (Wildman–Crippen LogP) is 3.34. The summed E-state index contributed by atoms with van der Waals surface area (Å²) in [5, 5.41) is 3.91. The van der Waals surface area contributed by atoms with E-state index < -0.39 is 0 Å². The maximum Gasteiger partial charge on any atom is 0.263 e. The first-order valence-corrected chi connectivity index (χ1v) is 8.01. The molecule has 0 spiro atoms. The summed E-state index contributed by atoms with van der Waals surface area (Å²) >= 11 is 1.46. The third-order valence-electron chi connectivity index (χ3n) is 3.40. The summed E-state index contributed by atoms with van der Waals surface area (Å²) in [7, 11) is 1.70. The zero-order chi connectivity index (χ0) is 15.2. The number of carbonyl (C=O) groups is 1. The van der Waals surface area contributed by atoms with E-state index in [9.17, 15) is 4.79 Å². The number of methoxy groups -OCH3 is 1. The summed E-state index contributed by atoms with van der Waals surface area (Å²) < 4.78 is 6.06. The minimum Gasteiger partial charge on any atom is -0.397 e. The zero-order valence-corrected chi connectivity index (χ0v) is 13.4. The van der Waals surface area contributed by atoms with Crippen LogP contribution < -0.4 is 11.1 Å². The summed E-state index contributed by atoms with van der Waals surface area (Å²) in [6, 6.07) is 6.07. The lowest BCUT2D eigenvalue weighted by molar-refractivity contribution is 0.0957. The second-order valence-corrected chi connectivity index (χ2v) is 6.21. The van der Waals surface area contributed by atoms with E-state index in [-0.39, 0.29) is 5.91 Å². The van der Waals surface area contributed by atoms with Crippen LogP contribution in [0.5, 0.6) is 0 Å². The zero-order valence-electron chi connectivity index (χ0n) is 12.6. The Morgan fingerprint density at radius 2 is 2.14 bits per heavy atom. The number of fused-ring (bicyclic) bond motifs is 1. The van der Waals surface area contributed by atoms with Crippen LogP contribution in [0.1, 0.15) is 34.5 Å². The first-order valence-electron chi connectivity index (χ1n) is 7.19. The minimum absolute atomic E-state index is 0.0712. The Balaban J connectivity index is 1.95. The van der Waals surface area contributed by atoms with E-state index >= 15 is 0 Å². The Morgan fingerprint density at radius 3 is 2.90 bits per heavy atom. The maximum absolute atomic E-state index is 12.2. The van der Waals surface area contributed by atoms with Gasteiger partial charge in [0.2, 0.25) is 0 Å². The SMILES string of the molecule is COCCCCCNC(=O)c1sc2cc(C)ccc2c1N. The molecule has 4 nitrogen and oxygen atoms in total. The fraction of sp³-hybridized carbons (Fsp3) is 0.438. The van der Waals surface area contributed by atoms with Crippen molar-refractivity contribution in [1.29, 1.82) is 0 Å². The number of hydrogen-bond donors (Lipinski definition) is 2. The van der Waals surface area contributed by atoms with Gasteiger partial charge in [-0.15, -0.1) is 11.3 Å². The van der Waals surface area contributed by atoms with Gasteiger partial charge in [0.05, 0.1) is 5.69 Å². The van der Waals surface area contributed by atoms with Crippen molar-refractivity contribution in [3.05, 3.63) is 28.6 Å². The van der Waals surface area contributed by atoms with Crippen LogP contribution in [0, 0.1) is 6.92 Å². The van der Waals surface area contributed by atoms with Crippen LogP contribution in [-0.4, -0.2) is 26.2 Å². The van der Waals surface area contributed by atoms with Gasteiger partial charge in [0, 0.05) is 30.3 Å². The highest BCUT2D eigenvalue weighted by molar-refractivity contribution is 7.21. The Hall–Kier alpha value is -1.59. The lowest BCUT2D eigenvalue weighted by atomic mass is 10.1. The summed E-state index contributed by atoms with van der Waals surface area (Å²) in [5.41, 5.74) is 7.86. The molecule has 2 rings (SSSR count). The predicted molar refractivity (Wildman–Crippen MR) is 89.0 cm³/mol. The number of thiophene rings is 1. The molecule has 0 fully saturated rings. The smallest absolute Gasteiger partial charge is 0.263 e. The average Bonchev–Trinajstić information content (AvgIpc) is 2.79.